The smallest absolute Gasteiger partial charge is 0.0308 e. The topological polar surface area (TPSA) is 15.3 Å². The van der Waals surface area contributed by atoms with E-state index in [0.29, 0.717) is 5.54 Å². The summed E-state index contributed by atoms with van der Waals surface area (Å²) in [5.74, 6) is 1.96. The lowest BCUT2D eigenvalue weighted by atomic mass is 9.82. The van der Waals surface area contributed by atoms with Crippen molar-refractivity contribution in [1.29, 1.82) is 0 Å². The van der Waals surface area contributed by atoms with Crippen LogP contribution in [-0.2, 0) is 0 Å². The van der Waals surface area contributed by atoms with Crippen molar-refractivity contribution in [1.82, 2.24) is 10.2 Å². The average molecular weight is 264 g/mol. The quantitative estimate of drug-likeness (QED) is 0.840. The van der Waals surface area contributed by atoms with E-state index in [1.54, 1.807) is 0 Å². The van der Waals surface area contributed by atoms with E-state index in [1.165, 1.54) is 71.0 Å². The Hall–Kier alpha value is -0.0800. The monoisotopic (exact) mass is 264 g/mol. The number of rotatable bonds is 3. The summed E-state index contributed by atoms with van der Waals surface area (Å²) in [6, 6.07) is 0.886. The second-order valence-electron chi connectivity index (χ2n) is 7.54. The summed E-state index contributed by atoms with van der Waals surface area (Å²) in [6.07, 6.45) is 11.5. The molecular weight excluding hydrogens is 232 g/mol. The maximum absolute atomic E-state index is 3.87. The largest absolute Gasteiger partial charge is 0.310 e. The van der Waals surface area contributed by atoms with Crippen LogP contribution in [0.1, 0.15) is 65.2 Å². The fourth-order valence-electron chi connectivity index (χ4n) is 4.48. The first-order chi connectivity index (χ1) is 9.21. The third-order valence-corrected chi connectivity index (χ3v) is 6.01. The van der Waals surface area contributed by atoms with Crippen molar-refractivity contribution in [3.05, 3.63) is 0 Å². The van der Waals surface area contributed by atoms with Gasteiger partial charge in [-0.3, -0.25) is 4.90 Å². The van der Waals surface area contributed by atoms with Crippen LogP contribution in [0.5, 0.6) is 0 Å². The summed E-state index contributed by atoms with van der Waals surface area (Å²) in [7, 11) is 0. The van der Waals surface area contributed by atoms with Crippen LogP contribution in [0.15, 0.2) is 0 Å². The van der Waals surface area contributed by atoms with E-state index >= 15 is 0 Å². The van der Waals surface area contributed by atoms with Crippen LogP contribution in [-0.4, -0.2) is 36.1 Å². The molecule has 1 N–H and O–H groups in total. The third kappa shape index (κ3) is 3.16. The summed E-state index contributed by atoms with van der Waals surface area (Å²) >= 11 is 0. The van der Waals surface area contributed by atoms with Crippen molar-refractivity contribution in [2.24, 2.45) is 11.8 Å². The molecular formula is C17H32N2. The number of nitrogens with one attached hydrogen (secondary N) is 1. The van der Waals surface area contributed by atoms with Crippen molar-refractivity contribution >= 4 is 0 Å². The summed E-state index contributed by atoms with van der Waals surface area (Å²) in [6.45, 7) is 8.73. The maximum atomic E-state index is 3.87. The molecule has 0 bridgehead atoms. The molecule has 0 amide bonds. The molecule has 2 heteroatoms. The zero-order valence-corrected chi connectivity index (χ0v) is 13.0. The van der Waals surface area contributed by atoms with Gasteiger partial charge in [0.15, 0.2) is 0 Å². The molecule has 3 atom stereocenters. The van der Waals surface area contributed by atoms with Crippen LogP contribution in [0.2, 0.25) is 0 Å². The SMILES string of the molecule is CCC1CCCC(N2CCCNC(C)(C3CC3)C2)C1. The van der Waals surface area contributed by atoms with Crippen LogP contribution >= 0.6 is 0 Å². The van der Waals surface area contributed by atoms with Crippen LogP contribution in [0, 0.1) is 11.8 Å². The van der Waals surface area contributed by atoms with Crippen LogP contribution in [0.4, 0.5) is 0 Å². The molecule has 1 heterocycles. The minimum atomic E-state index is 0.412. The lowest BCUT2D eigenvalue weighted by Crippen LogP contribution is -2.53. The number of hydrogen-bond acceptors (Lipinski definition) is 2. The Bertz CT molecular complexity index is 300. The van der Waals surface area contributed by atoms with Crippen LogP contribution in [0.3, 0.4) is 0 Å². The molecule has 0 aromatic heterocycles. The second kappa shape index (κ2) is 5.73. The molecule has 2 nitrogen and oxygen atoms in total. The molecule has 19 heavy (non-hydrogen) atoms. The summed E-state index contributed by atoms with van der Waals surface area (Å²) < 4.78 is 0. The van der Waals surface area contributed by atoms with Gasteiger partial charge in [0.1, 0.15) is 0 Å². The Balaban J connectivity index is 1.65. The van der Waals surface area contributed by atoms with E-state index in [4.69, 9.17) is 0 Å². The zero-order valence-electron chi connectivity index (χ0n) is 13.0. The van der Waals surface area contributed by atoms with E-state index in [2.05, 4.69) is 24.1 Å². The molecule has 0 aromatic carbocycles. The van der Waals surface area contributed by atoms with Gasteiger partial charge < -0.3 is 5.32 Å². The highest BCUT2D eigenvalue weighted by molar-refractivity contribution is 5.02. The molecule has 0 spiro atoms. The van der Waals surface area contributed by atoms with Crippen molar-refractivity contribution in [2.45, 2.75) is 76.8 Å². The lowest BCUT2D eigenvalue weighted by molar-refractivity contribution is 0.103. The Morgan fingerprint density at radius 1 is 1.16 bits per heavy atom. The van der Waals surface area contributed by atoms with E-state index in [-0.39, 0.29) is 0 Å². The van der Waals surface area contributed by atoms with E-state index < -0.39 is 0 Å². The van der Waals surface area contributed by atoms with Gasteiger partial charge in [0.25, 0.3) is 0 Å². The standard InChI is InChI=1S/C17H32N2/c1-3-14-6-4-7-16(12-14)19-11-5-10-18-17(2,13-19)15-8-9-15/h14-16,18H,3-13H2,1-2H3. The Morgan fingerprint density at radius 2 is 2.00 bits per heavy atom. The van der Waals surface area contributed by atoms with E-state index in [1.807, 2.05) is 0 Å². The van der Waals surface area contributed by atoms with Crippen LogP contribution in [0.25, 0.3) is 0 Å². The minimum absolute atomic E-state index is 0.412. The van der Waals surface area contributed by atoms with Gasteiger partial charge in [-0.1, -0.05) is 26.2 Å². The maximum Gasteiger partial charge on any atom is 0.0308 e. The van der Waals surface area contributed by atoms with Gasteiger partial charge in [0.05, 0.1) is 0 Å². The molecule has 1 aliphatic heterocycles. The van der Waals surface area contributed by atoms with Crippen molar-refractivity contribution in [2.75, 3.05) is 19.6 Å². The van der Waals surface area contributed by atoms with E-state index in [0.717, 1.165) is 17.9 Å². The molecule has 3 rings (SSSR count). The van der Waals surface area contributed by atoms with Gasteiger partial charge >= 0.3 is 0 Å². The Labute approximate surface area is 119 Å². The molecule has 3 fully saturated rings. The van der Waals surface area contributed by atoms with Crippen molar-refractivity contribution < 1.29 is 0 Å². The normalized spacial score (nSPS) is 42.0. The van der Waals surface area contributed by atoms with Gasteiger partial charge in [0, 0.05) is 18.1 Å². The Morgan fingerprint density at radius 3 is 2.74 bits per heavy atom. The second-order valence-corrected chi connectivity index (χ2v) is 7.54. The molecule has 1 saturated heterocycles. The fourth-order valence-corrected chi connectivity index (χ4v) is 4.48. The van der Waals surface area contributed by atoms with E-state index in [9.17, 15) is 0 Å². The molecule has 110 valence electrons. The predicted molar refractivity (Wildman–Crippen MR) is 81.4 cm³/mol. The van der Waals surface area contributed by atoms with Gasteiger partial charge in [0.2, 0.25) is 0 Å². The van der Waals surface area contributed by atoms with Gasteiger partial charge in [-0.15, -0.1) is 0 Å². The van der Waals surface area contributed by atoms with Gasteiger partial charge in [-0.25, -0.2) is 0 Å². The molecule has 2 saturated carbocycles. The molecule has 0 aromatic rings. The first kappa shape index (κ1) is 13.9. The highest BCUT2D eigenvalue weighted by Crippen LogP contribution is 2.41. The minimum Gasteiger partial charge on any atom is -0.310 e. The summed E-state index contributed by atoms with van der Waals surface area (Å²) in [5.41, 5.74) is 0.412. The van der Waals surface area contributed by atoms with Gasteiger partial charge in [-0.2, -0.15) is 0 Å². The summed E-state index contributed by atoms with van der Waals surface area (Å²) in [5, 5.41) is 3.87. The summed E-state index contributed by atoms with van der Waals surface area (Å²) in [4.78, 5) is 2.86. The number of hydrogen-bond donors (Lipinski definition) is 1. The van der Waals surface area contributed by atoms with Crippen LogP contribution < -0.4 is 5.32 Å². The predicted octanol–water partition coefficient (Wildman–Crippen LogP) is 3.42. The van der Waals surface area contributed by atoms with Crippen molar-refractivity contribution in [3.8, 4) is 0 Å². The molecule has 3 aliphatic rings. The molecule has 3 unspecified atom stereocenters. The third-order valence-electron chi connectivity index (χ3n) is 6.01. The molecule has 2 aliphatic carbocycles. The first-order valence-electron chi connectivity index (χ1n) is 8.70. The van der Waals surface area contributed by atoms with Crippen molar-refractivity contribution in [3.63, 3.8) is 0 Å². The average Bonchev–Trinajstić information content (AvgIpc) is 3.26. The number of nitrogens with zero attached hydrogens (tertiary/aromatic N) is 1. The zero-order chi connectivity index (χ0) is 13.3. The fraction of sp³-hybridized carbons (Fsp3) is 1.00. The first-order valence-corrected chi connectivity index (χ1v) is 8.70. The Kier molecular flexibility index (Phi) is 4.19. The molecule has 0 radical (unpaired) electrons. The lowest BCUT2D eigenvalue weighted by Gasteiger charge is -2.41. The highest BCUT2D eigenvalue weighted by atomic mass is 15.2. The van der Waals surface area contributed by atoms with Gasteiger partial charge in [-0.05, 0) is 64.0 Å². The highest BCUT2D eigenvalue weighted by Gasteiger charge is 2.44.